The lowest BCUT2D eigenvalue weighted by molar-refractivity contribution is -0.118. The van der Waals surface area contributed by atoms with Gasteiger partial charge in [-0.25, -0.2) is 4.98 Å². The van der Waals surface area contributed by atoms with Crippen LogP contribution in [0.3, 0.4) is 0 Å². The van der Waals surface area contributed by atoms with Crippen molar-refractivity contribution in [2.75, 3.05) is 18.5 Å². The first-order chi connectivity index (χ1) is 14.1. The van der Waals surface area contributed by atoms with Crippen molar-refractivity contribution in [1.29, 1.82) is 0 Å². The number of anilines is 1. The van der Waals surface area contributed by atoms with Crippen molar-refractivity contribution in [2.24, 2.45) is 0 Å². The largest absolute Gasteiger partial charge is 0.490 e. The standard InChI is InChI=1S/C23H27N3O3/c1-4-28-20-10-5-6-11-21(20)29-16-22(27)25-19-9-7-8-18(14-19)15-26-13-12-24-23(26)17(2)3/h5-14,17H,4,15-16H2,1-3H3,(H,25,27). The highest BCUT2D eigenvalue weighted by Crippen LogP contribution is 2.26. The van der Waals surface area contributed by atoms with Crippen LogP contribution in [0.4, 0.5) is 5.69 Å². The van der Waals surface area contributed by atoms with Crippen molar-refractivity contribution in [3.8, 4) is 11.5 Å². The smallest absolute Gasteiger partial charge is 0.262 e. The number of carbonyl (C=O) groups is 1. The molecule has 1 heterocycles. The maximum atomic E-state index is 12.3. The zero-order valence-electron chi connectivity index (χ0n) is 17.1. The average molecular weight is 393 g/mol. The van der Waals surface area contributed by atoms with Crippen molar-refractivity contribution < 1.29 is 14.3 Å². The minimum atomic E-state index is -0.223. The molecule has 1 amide bonds. The summed E-state index contributed by atoms with van der Waals surface area (Å²) in [7, 11) is 0. The van der Waals surface area contributed by atoms with E-state index >= 15 is 0 Å². The normalized spacial score (nSPS) is 10.8. The molecule has 2 aromatic carbocycles. The molecule has 6 nitrogen and oxygen atoms in total. The Balaban J connectivity index is 1.60. The van der Waals surface area contributed by atoms with Gasteiger partial charge < -0.3 is 19.4 Å². The number of amides is 1. The van der Waals surface area contributed by atoms with Gasteiger partial charge in [-0.05, 0) is 36.8 Å². The summed E-state index contributed by atoms with van der Waals surface area (Å²) in [4.78, 5) is 16.8. The van der Waals surface area contributed by atoms with E-state index in [-0.39, 0.29) is 12.5 Å². The molecule has 0 spiro atoms. The molecule has 1 aromatic heterocycles. The van der Waals surface area contributed by atoms with E-state index in [0.717, 1.165) is 17.1 Å². The number of nitrogens with zero attached hydrogens (tertiary/aromatic N) is 2. The van der Waals surface area contributed by atoms with Crippen LogP contribution >= 0.6 is 0 Å². The van der Waals surface area contributed by atoms with Crippen molar-refractivity contribution in [3.63, 3.8) is 0 Å². The zero-order valence-corrected chi connectivity index (χ0v) is 17.1. The molecule has 0 bridgehead atoms. The van der Waals surface area contributed by atoms with Crippen molar-refractivity contribution >= 4 is 11.6 Å². The molecule has 29 heavy (non-hydrogen) atoms. The molecule has 3 rings (SSSR count). The Hall–Kier alpha value is -3.28. The van der Waals surface area contributed by atoms with E-state index in [4.69, 9.17) is 9.47 Å². The lowest BCUT2D eigenvalue weighted by Gasteiger charge is -2.13. The highest BCUT2D eigenvalue weighted by atomic mass is 16.5. The van der Waals surface area contributed by atoms with Crippen LogP contribution in [0, 0.1) is 0 Å². The number of imidazole rings is 1. The second-order valence-electron chi connectivity index (χ2n) is 6.99. The molecular formula is C23H27N3O3. The summed E-state index contributed by atoms with van der Waals surface area (Å²) in [6.45, 7) is 7.31. The van der Waals surface area contributed by atoms with Gasteiger partial charge in [-0.3, -0.25) is 4.79 Å². The molecule has 152 valence electrons. The van der Waals surface area contributed by atoms with Crippen molar-refractivity contribution in [2.45, 2.75) is 33.2 Å². The van der Waals surface area contributed by atoms with E-state index in [0.29, 0.717) is 30.6 Å². The number of benzene rings is 2. The number of para-hydroxylation sites is 2. The number of aromatic nitrogens is 2. The predicted octanol–water partition coefficient (Wildman–Crippen LogP) is 4.47. The van der Waals surface area contributed by atoms with Crippen LogP contribution in [0.25, 0.3) is 0 Å². The predicted molar refractivity (Wildman–Crippen MR) is 114 cm³/mol. The molecule has 0 saturated carbocycles. The molecule has 0 aliphatic rings. The number of carbonyl (C=O) groups excluding carboxylic acids is 1. The van der Waals surface area contributed by atoms with Gasteiger partial charge in [0.15, 0.2) is 18.1 Å². The Morgan fingerprint density at radius 2 is 1.86 bits per heavy atom. The van der Waals surface area contributed by atoms with Gasteiger partial charge in [-0.15, -0.1) is 0 Å². The third kappa shape index (κ3) is 5.60. The van der Waals surface area contributed by atoms with Crippen LogP contribution in [0.15, 0.2) is 60.9 Å². The molecule has 6 heteroatoms. The van der Waals surface area contributed by atoms with E-state index in [9.17, 15) is 4.79 Å². The molecule has 3 aromatic rings. The minimum Gasteiger partial charge on any atom is -0.490 e. The van der Waals surface area contributed by atoms with Crippen LogP contribution < -0.4 is 14.8 Å². The maximum absolute atomic E-state index is 12.3. The number of ether oxygens (including phenoxy) is 2. The first-order valence-corrected chi connectivity index (χ1v) is 9.81. The summed E-state index contributed by atoms with van der Waals surface area (Å²) >= 11 is 0. The van der Waals surface area contributed by atoms with Gasteiger partial charge in [-0.2, -0.15) is 0 Å². The number of nitrogens with one attached hydrogen (secondary N) is 1. The van der Waals surface area contributed by atoms with E-state index in [1.54, 1.807) is 6.07 Å². The molecule has 0 aliphatic heterocycles. The molecule has 0 fully saturated rings. The van der Waals surface area contributed by atoms with Crippen LogP contribution in [0.5, 0.6) is 11.5 Å². The summed E-state index contributed by atoms with van der Waals surface area (Å²) in [5, 5.41) is 2.89. The third-order valence-electron chi connectivity index (χ3n) is 4.34. The average Bonchev–Trinajstić information content (AvgIpc) is 3.16. The van der Waals surface area contributed by atoms with E-state index < -0.39 is 0 Å². The second-order valence-corrected chi connectivity index (χ2v) is 6.99. The van der Waals surface area contributed by atoms with Crippen LogP contribution in [0.2, 0.25) is 0 Å². The van der Waals surface area contributed by atoms with Gasteiger partial charge in [0.05, 0.1) is 6.61 Å². The topological polar surface area (TPSA) is 65.4 Å². The monoisotopic (exact) mass is 393 g/mol. The summed E-state index contributed by atoms with van der Waals surface area (Å²) < 4.78 is 13.3. The lowest BCUT2D eigenvalue weighted by atomic mass is 10.1. The Morgan fingerprint density at radius 3 is 2.59 bits per heavy atom. The molecule has 0 unspecified atom stereocenters. The molecule has 0 saturated heterocycles. The highest BCUT2D eigenvalue weighted by molar-refractivity contribution is 5.92. The van der Waals surface area contributed by atoms with Crippen LogP contribution in [-0.4, -0.2) is 28.7 Å². The Labute approximate surface area is 171 Å². The van der Waals surface area contributed by atoms with Crippen LogP contribution in [0.1, 0.15) is 38.1 Å². The summed E-state index contributed by atoms with van der Waals surface area (Å²) in [5.74, 6) is 2.36. The zero-order chi connectivity index (χ0) is 20.6. The summed E-state index contributed by atoms with van der Waals surface area (Å²) in [6, 6.07) is 15.1. The molecular weight excluding hydrogens is 366 g/mol. The fourth-order valence-corrected chi connectivity index (χ4v) is 3.08. The lowest BCUT2D eigenvalue weighted by Crippen LogP contribution is -2.20. The fraction of sp³-hybridized carbons (Fsp3) is 0.304. The van der Waals surface area contributed by atoms with Gasteiger partial charge in [-0.1, -0.05) is 38.1 Å². The third-order valence-corrected chi connectivity index (χ3v) is 4.34. The van der Waals surface area contributed by atoms with E-state index in [2.05, 4.69) is 28.7 Å². The van der Waals surface area contributed by atoms with Gasteiger partial charge in [0.1, 0.15) is 5.82 Å². The first kappa shape index (κ1) is 20.5. The molecule has 0 radical (unpaired) electrons. The quantitative estimate of drug-likeness (QED) is 0.582. The fourth-order valence-electron chi connectivity index (χ4n) is 3.08. The van der Waals surface area contributed by atoms with Crippen molar-refractivity contribution in [3.05, 3.63) is 72.3 Å². The molecule has 0 aliphatic carbocycles. The second kappa shape index (κ2) is 9.78. The number of hydrogen-bond donors (Lipinski definition) is 1. The van der Waals surface area contributed by atoms with Crippen LogP contribution in [-0.2, 0) is 11.3 Å². The minimum absolute atomic E-state index is 0.0899. The van der Waals surface area contributed by atoms with E-state index in [1.165, 1.54) is 0 Å². The number of rotatable bonds is 9. The van der Waals surface area contributed by atoms with Gasteiger partial charge in [0.2, 0.25) is 0 Å². The number of hydrogen-bond acceptors (Lipinski definition) is 4. The van der Waals surface area contributed by atoms with E-state index in [1.807, 2.05) is 61.8 Å². The highest BCUT2D eigenvalue weighted by Gasteiger charge is 2.10. The molecule has 0 atom stereocenters. The van der Waals surface area contributed by atoms with Gasteiger partial charge >= 0.3 is 0 Å². The SMILES string of the molecule is CCOc1ccccc1OCC(=O)Nc1cccc(Cn2ccnc2C(C)C)c1. The van der Waals surface area contributed by atoms with Gasteiger partial charge in [0, 0.05) is 30.5 Å². The Morgan fingerprint density at radius 1 is 1.10 bits per heavy atom. The van der Waals surface area contributed by atoms with Gasteiger partial charge in [0.25, 0.3) is 5.91 Å². The summed E-state index contributed by atoms with van der Waals surface area (Å²) in [5.41, 5.74) is 1.82. The molecule has 1 N–H and O–H groups in total. The van der Waals surface area contributed by atoms with Crippen molar-refractivity contribution in [1.82, 2.24) is 9.55 Å². The Kier molecular flexibility index (Phi) is 6.89. The maximum Gasteiger partial charge on any atom is 0.262 e. The Bertz CT molecular complexity index is 950. The first-order valence-electron chi connectivity index (χ1n) is 9.81. The summed E-state index contributed by atoms with van der Waals surface area (Å²) in [6.07, 6.45) is 3.79.